The molecule has 1 amide bonds. The quantitative estimate of drug-likeness (QED) is 0.513. The molecule has 1 aromatic rings. The number of carbonyl (C=O) groups excluding carboxylic acids is 2. The van der Waals surface area contributed by atoms with Crippen LogP contribution in [0, 0.1) is 9.49 Å². The molecule has 7 heteroatoms. The highest BCUT2D eigenvalue weighted by atomic mass is 127. The van der Waals surface area contributed by atoms with Crippen LogP contribution in [-0.4, -0.2) is 50.7 Å². The summed E-state index contributed by atoms with van der Waals surface area (Å²) in [5, 5.41) is 0. The highest BCUT2D eigenvalue weighted by Gasteiger charge is 2.29. The smallest absolute Gasteiger partial charge is 0.309 e. The van der Waals surface area contributed by atoms with Crippen molar-refractivity contribution in [3.05, 3.63) is 21.3 Å². The number of carbonyl (C=O) groups is 2. The first-order chi connectivity index (χ1) is 11.5. The molecule has 1 aliphatic heterocycles. The Labute approximate surface area is 155 Å². The van der Waals surface area contributed by atoms with Crippen LogP contribution in [0.2, 0.25) is 0 Å². The number of ether oxygens (including phenoxy) is 3. The monoisotopic (exact) mass is 447 g/mol. The molecule has 0 atom stereocenters. The number of methoxy groups -OCH3 is 2. The fourth-order valence-electron chi connectivity index (χ4n) is 2.77. The Balaban J connectivity index is 2.09. The first-order valence-electron chi connectivity index (χ1n) is 7.89. The predicted octanol–water partition coefficient (Wildman–Crippen LogP) is 2.72. The summed E-state index contributed by atoms with van der Waals surface area (Å²) in [5.74, 6) is 0.800. The van der Waals surface area contributed by atoms with E-state index in [1.165, 1.54) is 0 Å². The Bertz CT molecular complexity index is 611. The minimum atomic E-state index is -0.162. The Morgan fingerprint density at radius 2 is 1.75 bits per heavy atom. The zero-order valence-corrected chi connectivity index (χ0v) is 16.3. The maximum atomic E-state index is 12.8. The van der Waals surface area contributed by atoms with Gasteiger partial charge in [-0.2, -0.15) is 0 Å². The Hall–Kier alpha value is -1.51. The van der Waals surface area contributed by atoms with Crippen LogP contribution < -0.4 is 9.47 Å². The van der Waals surface area contributed by atoms with Crippen molar-refractivity contribution in [1.29, 1.82) is 0 Å². The lowest BCUT2D eigenvalue weighted by molar-refractivity contribution is -0.149. The molecule has 6 nitrogen and oxygen atoms in total. The number of rotatable bonds is 5. The maximum absolute atomic E-state index is 12.8. The van der Waals surface area contributed by atoms with E-state index >= 15 is 0 Å². The van der Waals surface area contributed by atoms with Gasteiger partial charge in [0.25, 0.3) is 5.91 Å². The lowest BCUT2D eigenvalue weighted by atomic mass is 9.96. The van der Waals surface area contributed by atoms with E-state index in [0.717, 1.165) is 3.57 Å². The van der Waals surface area contributed by atoms with Crippen molar-refractivity contribution < 1.29 is 23.8 Å². The second kappa shape index (κ2) is 8.55. The summed E-state index contributed by atoms with van der Waals surface area (Å²) >= 11 is 2.12. The van der Waals surface area contributed by atoms with Crippen molar-refractivity contribution >= 4 is 34.5 Å². The summed E-state index contributed by atoms with van der Waals surface area (Å²) in [6.45, 7) is 3.29. The van der Waals surface area contributed by atoms with Crippen LogP contribution in [0.15, 0.2) is 12.1 Å². The van der Waals surface area contributed by atoms with Gasteiger partial charge in [-0.3, -0.25) is 9.59 Å². The van der Waals surface area contributed by atoms with E-state index in [-0.39, 0.29) is 17.8 Å². The second-order valence-electron chi connectivity index (χ2n) is 5.51. The molecule has 1 fully saturated rings. The topological polar surface area (TPSA) is 65.1 Å². The molecule has 0 aliphatic carbocycles. The van der Waals surface area contributed by atoms with E-state index in [1.807, 2.05) is 0 Å². The highest BCUT2D eigenvalue weighted by molar-refractivity contribution is 14.1. The normalized spacial score (nSPS) is 15.1. The van der Waals surface area contributed by atoms with Crippen LogP contribution in [0.4, 0.5) is 0 Å². The van der Waals surface area contributed by atoms with Gasteiger partial charge in [0.1, 0.15) is 0 Å². The Morgan fingerprint density at radius 3 is 2.29 bits per heavy atom. The minimum absolute atomic E-state index is 0.0531. The van der Waals surface area contributed by atoms with Gasteiger partial charge >= 0.3 is 5.97 Å². The first kappa shape index (κ1) is 18.8. The summed E-state index contributed by atoms with van der Waals surface area (Å²) in [6, 6.07) is 3.50. The molecule has 0 radical (unpaired) electrons. The van der Waals surface area contributed by atoms with Crippen LogP contribution in [0.3, 0.4) is 0 Å². The zero-order chi connectivity index (χ0) is 17.7. The summed E-state index contributed by atoms with van der Waals surface area (Å²) < 4.78 is 16.4. The molecule has 1 aromatic carbocycles. The van der Waals surface area contributed by atoms with Crippen molar-refractivity contribution in [2.75, 3.05) is 33.9 Å². The van der Waals surface area contributed by atoms with E-state index in [1.54, 1.807) is 38.2 Å². The van der Waals surface area contributed by atoms with Gasteiger partial charge in [-0.1, -0.05) is 0 Å². The molecular formula is C17H22INO5. The van der Waals surface area contributed by atoms with E-state index in [4.69, 9.17) is 14.2 Å². The average Bonchev–Trinajstić information content (AvgIpc) is 2.61. The van der Waals surface area contributed by atoms with Gasteiger partial charge in [0, 0.05) is 16.7 Å². The predicted molar refractivity (Wildman–Crippen MR) is 97.5 cm³/mol. The summed E-state index contributed by atoms with van der Waals surface area (Å²) in [4.78, 5) is 26.4. The number of esters is 1. The number of nitrogens with zero attached hydrogens (tertiary/aromatic N) is 1. The third-order valence-electron chi connectivity index (χ3n) is 4.11. The second-order valence-corrected chi connectivity index (χ2v) is 6.67. The summed E-state index contributed by atoms with van der Waals surface area (Å²) in [6.07, 6.45) is 1.27. The fraction of sp³-hybridized carbons (Fsp3) is 0.529. The molecule has 2 rings (SSSR count). The SMILES string of the molecule is CCOC(=O)C1CCN(C(=O)c2cc(OC)c(OC)cc2I)CC1. The maximum Gasteiger partial charge on any atom is 0.309 e. The van der Waals surface area contributed by atoms with Crippen molar-refractivity contribution in [3.63, 3.8) is 0 Å². The molecule has 1 heterocycles. The van der Waals surface area contributed by atoms with Gasteiger partial charge in [-0.25, -0.2) is 0 Å². The molecule has 1 saturated heterocycles. The van der Waals surface area contributed by atoms with Crippen LogP contribution in [0.25, 0.3) is 0 Å². The van der Waals surface area contributed by atoms with E-state index in [0.29, 0.717) is 49.6 Å². The molecule has 0 N–H and O–H groups in total. The van der Waals surface area contributed by atoms with Gasteiger partial charge < -0.3 is 19.1 Å². The number of piperidine rings is 1. The molecule has 0 spiro atoms. The number of likely N-dealkylation sites (tertiary alicyclic amines) is 1. The number of benzene rings is 1. The average molecular weight is 447 g/mol. The molecule has 0 saturated carbocycles. The summed E-state index contributed by atoms with van der Waals surface area (Å²) in [7, 11) is 3.11. The standard InChI is InChI=1S/C17H22INO5/c1-4-24-17(21)11-5-7-19(8-6-11)16(20)12-9-14(22-2)15(23-3)10-13(12)18/h9-11H,4-8H2,1-3H3. The van der Waals surface area contributed by atoms with Crippen LogP contribution >= 0.6 is 22.6 Å². The molecule has 132 valence electrons. The number of hydrogen-bond donors (Lipinski definition) is 0. The van der Waals surface area contributed by atoms with E-state index in [2.05, 4.69) is 22.6 Å². The van der Waals surface area contributed by atoms with Gasteiger partial charge in [0.2, 0.25) is 0 Å². The third kappa shape index (κ3) is 4.12. The lowest BCUT2D eigenvalue weighted by Crippen LogP contribution is -2.40. The van der Waals surface area contributed by atoms with Crippen LogP contribution in [0.1, 0.15) is 30.1 Å². The van der Waals surface area contributed by atoms with Crippen LogP contribution in [-0.2, 0) is 9.53 Å². The summed E-state index contributed by atoms with van der Waals surface area (Å²) in [5.41, 5.74) is 0.586. The lowest BCUT2D eigenvalue weighted by Gasteiger charge is -2.31. The molecule has 24 heavy (non-hydrogen) atoms. The molecule has 0 aromatic heterocycles. The molecular weight excluding hydrogens is 425 g/mol. The van der Waals surface area contributed by atoms with E-state index in [9.17, 15) is 9.59 Å². The van der Waals surface area contributed by atoms with Crippen molar-refractivity contribution in [3.8, 4) is 11.5 Å². The highest BCUT2D eigenvalue weighted by Crippen LogP contribution is 2.32. The number of amides is 1. The first-order valence-corrected chi connectivity index (χ1v) is 8.97. The molecule has 1 aliphatic rings. The van der Waals surface area contributed by atoms with Crippen molar-refractivity contribution in [2.24, 2.45) is 5.92 Å². The van der Waals surface area contributed by atoms with Crippen molar-refractivity contribution in [1.82, 2.24) is 4.90 Å². The molecule has 0 unspecified atom stereocenters. The van der Waals surface area contributed by atoms with Gasteiger partial charge in [0.05, 0.1) is 32.3 Å². The van der Waals surface area contributed by atoms with Crippen molar-refractivity contribution in [2.45, 2.75) is 19.8 Å². The van der Waals surface area contributed by atoms with Gasteiger partial charge in [0.15, 0.2) is 11.5 Å². The fourth-order valence-corrected chi connectivity index (χ4v) is 3.44. The molecule has 0 bridgehead atoms. The Morgan fingerprint density at radius 1 is 1.17 bits per heavy atom. The number of hydrogen-bond acceptors (Lipinski definition) is 5. The van der Waals surface area contributed by atoms with Gasteiger partial charge in [-0.15, -0.1) is 0 Å². The van der Waals surface area contributed by atoms with E-state index < -0.39 is 0 Å². The number of halogens is 1. The minimum Gasteiger partial charge on any atom is -0.493 e. The Kier molecular flexibility index (Phi) is 6.70. The van der Waals surface area contributed by atoms with Crippen LogP contribution in [0.5, 0.6) is 11.5 Å². The van der Waals surface area contributed by atoms with Gasteiger partial charge in [-0.05, 0) is 54.5 Å². The largest absolute Gasteiger partial charge is 0.493 e. The zero-order valence-electron chi connectivity index (χ0n) is 14.1. The third-order valence-corrected chi connectivity index (χ3v) is 5.00.